The molecule has 74 valence electrons. The number of hydrogen-bond acceptors (Lipinski definition) is 2. The summed E-state index contributed by atoms with van der Waals surface area (Å²) in [7, 11) is 0. The van der Waals surface area contributed by atoms with E-state index in [9.17, 15) is 0 Å². The molecule has 1 aliphatic rings. The van der Waals surface area contributed by atoms with Gasteiger partial charge >= 0.3 is 0 Å². The van der Waals surface area contributed by atoms with E-state index in [2.05, 4.69) is 37.0 Å². The molecule has 14 heavy (non-hydrogen) atoms. The van der Waals surface area contributed by atoms with E-state index < -0.39 is 0 Å². The van der Waals surface area contributed by atoms with Crippen LogP contribution in [0.25, 0.3) is 0 Å². The largest absolute Gasteiger partial charge is 0.303 e. The van der Waals surface area contributed by atoms with E-state index in [1.807, 2.05) is 17.8 Å². The summed E-state index contributed by atoms with van der Waals surface area (Å²) in [5.74, 6) is 1.14. The smallest absolute Gasteiger partial charge is 0.0509 e. The highest BCUT2D eigenvalue weighted by Gasteiger charge is 2.18. The number of rotatable bonds is 3. The van der Waals surface area contributed by atoms with Gasteiger partial charge in [-0.15, -0.1) is 18.3 Å². The van der Waals surface area contributed by atoms with Gasteiger partial charge in [0.25, 0.3) is 0 Å². The first kappa shape index (κ1) is 9.81. The van der Waals surface area contributed by atoms with Crippen LogP contribution in [0, 0.1) is 0 Å². The molecule has 1 unspecified atom stereocenters. The lowest BCUT2D eigenvalue weighted by atomic mass is 10.1. The van der Waals surface area contributed by atoms with Crippen molar-refractivity contribution in [2.45, 2.75) is 24.4 Å². The van der Waals surface area contributed by atoms with Gasteiger partial charge in [0.2, 0.25) is 0 Å². The number of fused-ring (bicyclic) bond motifs is 1. The van der Waals surface area contributed by atoms with Gasteiger partial charge in [-0.25, -0.2) is 0 Å². The van der Waals surface area contributed by atoms with Gasteiger partial charge in [0.1, 0.15) is 0 Å². The molecule has 0 fully saturated rings. The van der Waals surface area contributed by atoms with Crippen LogP contribution in [0.2, 0.25) is 0 Å². The molecule has 1 aromatic carbocycles. The maximum absolute atomic E-state index is 3.83. The first-order valence-electron chi connectivity index (χ1n) is 4.96. The second-order valence-electron chi connectivity index (χ2n) is 3.39. The molecule has 0 bridgehead atoms. The fourth-order valence-corrected chi connectivity index (χ4v) is 2.56. The molecule has 0 saturated heterocycles. The average molecular weight is 205 g/mol. The van der Waals surface area contributed by atoms with Gasteiger partial charge in [-0.1, -0.05) is 19.1 Å². The van der Waals surface area contributed by atoms with E-state index in [0.717, 1.165) is 12.3 Å². The third-order valence-corrected chi connectivity index (χ3v) is 3.38. The Labute approximate surface area is 89.6 Å². The lowest BCUT2D eigenvalue weighted by molar-refractivity contribution is 0.687. The van der Waals surface area contributed by atoms with Crippen LogP contribution in [0.5, 0.6) is 0 Å². The first-order chi connectivity index (χ1) is 6.85. The Balaban J connectivity index is 2.29. The summed E-state index contributed by atoms with van der Waals surface area (Å²) in [6, 6.07) is 7.07. The van der Waals surface area contributed by atoms with Gasteiger partial charge in [0.15, 0.2) is 0 Å². The lowest BCUT2D eigenvalue weighted by Gasteiger charge is -2.06. The van der Waals surface area contributed by atoms with Crippen molar-refractivity contribution in [1.82, 2.24) is 5.32 Å². The van der Waals surface area contributed by atoms with Crippen LogP contribution in [-0.4, -0.2) is 5.75 Å². The Morgan fingerprint density at radius 3 is 3.21 bits per heavy atom. The third kappa shape index (κ3) is 1.72. The molecule has 1 nitrogen and oxygen atoms in total. The van der Waals surface area contributed by atoms with Crippen molar-refractivity contribution < 1.29 is 0 Å². The van der Waals surface area contributed by atoms with Crippen LogP contribution in [0.15, 0.2) is 35.7 Å². The number of nitrogens with one attached hydrogen (secondary N) is 1. The van der Waals surface area contributed by atoms with Gasteiger partial charge in [0, 0.05) is 11.4 Å². The van der Waals surface area contributed by atoms with E-state index in [1.165, 1.54) is 16.0 Å². The normalized spacial score (nSPS) is 19.4. The average Bonchev–Trinajstić information content (AvgIpc) is 2.60. The monoisotopic (exact) mass is 205 g/mol. The molecule has 2 heteroatoms. The zero-order chi connectivity index (χ0) is 9.97. The van der Waals surface area contributed by atoms with E-state index >= 15 is 0 Å². The van der Waals surface area contributed by atoms with Crippen LogP contribution in [0.4, 0.5) is 0 Å². The quantitative estimate of drug-likeness (QED) is 0.601. The maximum Gasteiger partial charge on any atom is 0.0509 e. The molecule has 1 atom stereocenters. The standard InChI is InChI=1S/C12H15NS/c1-3-12-11-6-5-10(14-4-2)7-9(11)8-13-12/h3,5-7,12-13H,1,4,8H2,2H3. The highest BCUT2D eigenvalue weighted by atomic mass is 32.2. The second kappa shape index (κ2) is 4.20. The van der Waals surface area contributed by atoms with Crippen molar-refractivity contribution in [1.29, 1.82) is 0 Å². The Hall–Kier alpha value is -0.730. The van der Waals surface area contributed by atoms with Crippen LogP contribution >= 0.6 is 11.8 Å². The van der Waals surface area contributed by atoms with E-state index in [4.69, 9.17) is 0 Å². The van der Waals surface area contributed by atoms with Gasteiger partial charge < -0.3 is 5.32 Å². The minimum Gasteiger partial charge on any atom is -0.303 e. The molecule has 1 aliphatic heterocycles. The van der Waals surface area contributed by atoms with Crippen LogP contribution in [-0.2, 0) is 6.54 Å². The Morgan fingerprint density at radius 2 is 2.50 bits per heavy atom. The molecule has 1 aromatic rings. The first-order valence-corrected chi connectivity index (χ1v) is 5.95. The predicted molar refractivity (Wildman–Crippen MR) is 62.6 cm³/mol. The Kier molecular flexibility index (Phi) is 2.94. The van der Waals surface area contributed by atoms with Gasteiger partial charge in [-0.3, -0.25) is 0 Å². The summed E-state index contributed by atoms with van der Waals surface area (Å²) < 4.78 is 0. The molecule has 1 N–H and O–H groups in total. The van der Waals surface area contributed by atoms with Gasteiger partial charge in [-0.05, 0) is 29.0 Å². The number of hydrogen-bond donors (Lipinski definition) is 1. The summed E-state index contributed by atoms with van der Waals surface area (Å²) in [4.78, 5) is 1.37. The fraction of sp³-hybridized carbons (Fsp3) is 0.333. The predicted octanol–water partition coefficient (Wildman–Crippen LogP) is 3.13. The molecule has 0 saturated carbocycles. The summed E-state index contributed by atoms with van der Waals surface area (Å²) in [5, 5.41) is 3.41. The van der Waals surface area contributed by atoms with Crippen LogP contribution < -0.4 is 5.32 Å². The number of benzene rings is 1. The zero-order valence-corrected chi connectivity index (χ0v) is 9.23. The molecule has 2 rings (SSSR count). The molecule has 0 aliphatic carbocycles. The van der Waals surface area contributed by atoms with E-state index in [-0.39, 0.29) is 0 Å². The molecule has 0 aromatic heterocycles. The van der Waals surface area contributed by atoms with Crippen LogP contribution in [0.3, 0.4) is 0 Å². The molecular formula is C12H15NS. The highest BCUT2D eigenvalue weighted by Crippen LogP contribution is 2.29. The Bertz CT molecular complexity index is 346. The minimum atomic E-state index is 0.352. The minimum absolute atomic E-state index is 0.352. The lowest BCUT2D eigenvalue weighted by Crippen LogP contribution is -2.08. The zero-order valence-electron chi connectivity index (χ0n) is 8.42. The Morgan fingerprint density at radius 1 is 1.64 bits per heavy atom. The van der Waals surface area contributed by atoms with E-state index in [1.54, 1.807) is 0 Å². The summed E-state index contributed by atoms with van der Waals surface area (Å²) >= 11 is 1.90. The van der Waals surface area contributed by atoms with Crippen molar-refractivity contribution >= 4 is 11.8 Å². The van der Waals surface area contributed by atoms with Crippen molar-refractivity contribution in [2.24, 2.45) is 0 Å². The topological polar surface area (TPSA) is 12.0 Å². The van der Waals surface area contributed by atoms with Crippen molar-refractivity contribution in [3.63, 3.8) is 0 Å². The maximum atomic E-state index is 3.83. The molecule has 0 radical (unpaired) electrons. The second-order valence-corrected chi connectivity index (χ2v) is 4.73. The van der Waals surface area contributed by atoms with Crippen molar-refractivity contribution in [3.05, 3.63) is 42.0 Å². The third-order valence-electron chi connectivity index (χ3n) is 2.51. The summed E-state index contributed by atoms with van der Waals surface area (Å²) in [5.41, 5.74) is 2.81. The van der Waals surface area contributed by atoms with Crippen molar-refractivity contribution in [2.75, 3.05) is 5.75 Å². The fourth-order valence-electron chi connectivity index (χ4n) is 1.84. The SMILES string of the molecule is C=CC1NCc2cc(SCC)ccc21. The summed E-state index contributed by atoms with van der Waals surface area (Å²) in [6.45, 7) is 6.99. The molecular weight excluding hydrogens is 190 g/mol. The van der Waals surface area contributed by atoms with Gasteiger partial charge in [-0.2, -0.15) is 0 Å². The number of thioether (sulfide) groups is 1. The summed E-state index contributed by atoms with van der Waals surface area (Å²) in [6.07, 6.45) is 1.97. The molecule has 0 spiro atoms. The molecule has 1 heterocycles. The van der Waals surface area contributed by atoms with Crippen molar-refractivity contribution in [3.8, 4) is 0 Å². The highest BCUT2D eigenvalue weighted by molar-refractivity contribution is 7.99. The van der Waals surface area contributed by atoms with Crippen LogP contribution in [0.1, 0.15) is 24.1 Å². The molecule has 0 amide bonds. The van der Waals surface area contributed by atoms with Gasteiger partial charge in [0.05, 0.1) is 6.04 Å². The van der Waals surface area contributed by atoms with E-state index in [0.29, 0.717) is 6.04 Å².